The van der Waals surface area contributed by atoms with Gasteiger partial charge in [0, 0.05) is 12.1 Å². The lowest BCUT2D eigenvalue weighted by Crippen LogP contribution is -2.35. The third-order valence-electron chi connectivity index (χ3n) is 6.76. The van der Waals surface area contributed by atoms with Crippen molar-refractivity contribution in [2.24, 2.45) is 0 Å². The molecule has 1 heterocycles. The molecule has 6 heteroatoms. The topological polar surface area (TPSA) is 78.9 Å². The van der Waals surface area contributed by atoms with E-state index in [1.165, 1.54) is 7.11 Å². The second-order valence-corrected chi connectivity index (χ2v) is 8.99. The molecule has 0 saturated carbocycles. The number of aliphatic hydroxyl groups excluding tert-OH is 1. The quantitative estimate of drug-likeness (QED) is 0.480. The number of rotatable bonds is 7. The normalized spacial score (nSPS) is 14.5. The first-order valence-corrected chi connectivity index (χ1v) is 12.0. The molecule has 0 bridgehead atoms. The molecule has 4 rings (SSSR count). The molecule has 0 spiro atoms. The van der Waals surface area contributed by atoms with E-state index in [0.717, 1.165) is 48.2 Å². The number of benzene rings is 3. The number of piperidine rings is 1. The van der Waals surface area contributed by atoms with Crippen molar-refractivity contribution in [2.45, 2.75) is 25.7 Å². The molecule has 6 nitrogen and oxygen atoms in total. The van der Waals surface area contributed by atoms with Gasteiger partial charge >= 0.3 is 5.97 Å². The van der Waals surface area contributed by atoms with Gasteiger partial charge in [0.05, 0.1) is 25.0 Å². The molecule has 1 amide bonds. The number of nitrogens with one attached hydrogen (secondary N) is 1. The zero-order valence-electron chi connectivity index (χ0n) is 20.3. The minimum Gasteiger partial charge on any atom is -0.465 e. The molecule has 35 heavy (non-hydrogen) atoms. The Morgan fingerprint density at radius 2 is 1.71 bits per heavy atom. The number of amides is 1. The summed E-state index contributed by atoms with van der Waals surface area (Å²) in [4.78, 5) is 28.1. The second kappa shape index (κ2) is 11.3. The predicted octanol–water partition coefficient (Wildman–Crippen LogP) is 4.87. The number of nitrogens with zero attached hydrogens (tertiary/aromatic N) is 1. The van der Waals surface area contributed by atoms with Crippen molar-refractivity contribution in [1.29, 1.82) is 0 Å². The van der Waals surface area contributed by atoms with Crippen LogP contribution in [-0.4, -0.2) is 55.2 Å². The number of likely N-dealkylation sites (tertiary alicyclic amines) is 1. The van der Waals surface area contributed by atoms with Crippen LogP contribution in [0.5, 0.6) is 0 Å². The van der Waals surface area contributed by atoms with E-state index in [0.29, 0.717) is 29.3 Å². The van der Waals surface area contributed by atoms with Gasteiger partial charge in [-0.15, -0.1) is 0 Å². The third kappa shape index (κ3) is 5.78. The van der Waals surface area contributed by atoms with Crippen molar-refractivity contribution in [2.75, 3.05) is 38.7 Å². The number of esters is 1. The van der Waals surface area contributed by atoms with Gasteiger partial charge in [0.25, 0.3) is 5.91 Å². The SMILES string of the molecule is COC(=O)c1ccc(-c2ccccc2)cc1NC(=O)c1cc(C2CCN(CCO)CC2)ccc1C. The average molecular weight is 473 g/mol. The predicted molar refractivity (Wildman–Crippen MR) is 138 cm³/mol. The van der Waals surface area contributed by atoms with Gasteiger partial charge in [-0.2, -0.15) is 0 Å². The molecular formula is C29H32N2O4. The maximum Gasteiger partial charge on any atom is 0.339 e. The number of anilines is 1. The van der Waals surface area contributed by atoms with Gasteiger partial charge in [-0.1, -0.05) is 48.5 Å². The number of hydrogen-bond donors (Lipinski definition) is 2. The van der Waals surface area contributed by atoms with Crippen molar-refractivity contribution >= 4 is 17.6 Å². The Balaban J connectivity index is 1.59. The highest BCUT2D eigenvalue weighted by Gasteiger charge is 2.22. The summed E-state index contributed by atoms with van der Waals surface area (Å²) in [5.41, 5.74) is 5.24. The summed E-state index contributed by atoms with van der Waals surface area (Å²) >= 11 is 0. The fourth-order valence-corrected chi connectivity index (χ4v) is 4.70. The smallest absolute Gasteiger partial charge is 0.339 e. The molecule has 0 aromatic heterocycles. The highest BCUT2D eigenvalue weighted by molar-refractivity contribution is 6.09. The minimum atomic E-state index is -0.500. The summed E-state index contributed by atoms with van der Waals surface area (Å²) in [5, 5.41) is 12.2. The lowest BCUT2D eigenvalue weighted by molar-refractivity contribution is 0.0602. The summed E-state index contributed by atoms with van der Waals surface area (Å²) in [5.74, 6) is -0.374. The highest BCUT2D eigenvalue weighted by Crippen LogP contribution is 2.31. The summed E-state index contributed by atoms with van der Waals surface area (Å²) in [7, 11) is 1.33. The lowest BCUT2D eigenvalue weighted by Gasteiger charge is -2.31. The first kappa shape index (κ1) is 24.6. The van der Waals surface area contributed by atoms with Gasteiger partial charge in [-0.25, -0.2) is 4.79 Å². The number of carbonyl (C=O) groups excluding carboxylic acids is 2. The molecule has 182 valence electrons. The van der Waals surface area contributed by atoms with E-state index < -0.39 is 5.97 Å². The Bertz CT molecular complexity index is 1180. The summed E-state index contributed by atoms with van der Waals surface area (Å²) in [6.45, 7) is 4.69. The van der Waals surface area contributed by atoms with Crippen LogP contribution < -0.4 is 5.32 Å². The number of hydrogen-bond acceptors (Lipinski definition) is 5. The van der Waals surface area contributed by atoms with Gasteiger partial charge in [0.1, 0.15) is 0 Å². The number of ether oxygens (including phenoxy) is 1. The van der Waals surface area contributed by atoms with E-state index in [1.807, 2.05) is 61.5 Å². The minimum absolute atomic E-state index is 0.179. The average Bonchev–Trinajstić information content (AvgIpc) is 2.89. The van der Waals surface area contributed by atoms with Crippen molar-refractivity contribution < 1.29 is 19.4 Å². The van der Waals surface area contributed by atoms with Crippen molar-refractivity contribution in [3.8, 4) is 11.1 Å². The van der Waals surface area contributed by atoms with Crippen LogP contribution in [0.1, 0.15) is 50.6 Å². The maximum atomic E-state index is 13.4. The van der Waals surface area contributed by atoms with Gasteiger partial charge in [-0.3, -0.25) is 4.79 Å². The molecular weight excluding hydrogens is 440 g/mol. The van der Waals surface area contributed by atoms with Crippen LogP contribution in [0.4, 0.5) is 5.69 Å². The largest absolute Gasteiger partial charge is 0.465 e. The molecule has 3 aromatic carbocycles. The van der Waals surface area contributed by atoms with E-state index in [9.17, 15) is 14.7 Å². The summed E-state index contributed by atoms with van der Waals surface area (Å²) < 4.78 is 4.95. The van der Waals surface area contributed by atoms with E-state index in [2.05, 4.69) is 16.3 Å². The third-order valence-corrected chi connectivity index (χ3v) is 6.76. The Morgan fingerprint density at radius 1 is 0.971 bits per heavy atom. The molecule has 0 atom stereocenters. The zero-order chi connectivity index (χ0) is 24.8. The van der Waals surface area contributed by atoms with E-state index in [4.69, 9.17) is 4.74 Å². The summed E-state index contributed by atoms with van der Waals surface area (Å²) in [6, 6.07) is 21.2. The van der Waals surface area contributed by atoms with E-state index in [-0.39, 0.29) is 12.5 Å². The first-order chi connectivity index (χ1) is 17.0. The molecule has 1 aliphatic heterocycles. The van der Waals surface area contributed by atoms with Crippen LogP contribution in [0.2, 0.25) is 0 Å². The second-order valence-electron chi connectivity index (χ2n) is 8.99. The molecule has 0 unspecified atom stereocenters. The first-order valence-electron chi connectivity index (χ1n) is 12.0. The number of aliphatic hydroxyl groups is 1. The molecule has 1 aliphatic rings. The zero-order valence-corrected chi connectivity index (χ0v) is 20.3. The highest BCUT2D eigenvalue weighted by atomic mass is 16.5. The van der Waals surface area contributed by atoms with Gasteiger partial charge < -0.3 is 20.1 Å². The molecule has 1 fully saturated rings. The molecule has 0 radical (unpaired) electrons. The number of carbonyl (C=O) groups is 2. The molecule has 3 aromatic rings. The number of aryl methyl sites for hydroxylation is 1. The van der Waals surface area contributed by atoms with Crippen molar-refractivity contribution in [1.82, 2.24) is 4.90 Å². The Labute approximate surface area is 206 Å². The maximum absolute atomic E-state index is 13.4. The molecule has 0 aliphatic carbocycles. The monoisotopic (exact) mass is 472 g/mol. The van der Waals surface area contributed by atoms with Crippen LogP contribution in [0.15, 0.2) is 66.7 Å². The van der Waals surface area contributed by atoms with E-state index in [1.54, 1.807) is 6.07 Å². The van der Waals surface area contributed by atoms with Crippen LogP contribution in [0, 0.1) is 6.92 Å². The standard InChI is InChI=1S/C29H32N2O4/c1-20-8-9-23(22-12-14-31(15-13-22)16-17-32)18-26(20)28(33)30-27-19-24(21-6-4-3-5-7-21)10-11-25(27)29(34)35-2/h3-11,18-19,22,32H,12-17H2,1-2H3,(H,30,33). The van der Waals surface area contributed by atoms with Gasteiger partial charge in [-0.05, 0) is 79.2 Å². The summed E-state index contributed by atoms with van der Waals surface area (Å²) in [6.07, 6.45) is 1.99. The van der Waals surface area contributed by atoms with Gasteiger partial charge in [0.2, 0.25) is 0 Å². The Kier molecular flexibility index (Phi) is 7.95. The van der Waals surface area contributed by atoms with Crippen molar-refractivity contribution in [3.05, 3.63) is 89.0 Å². The number of methoxy groups -OCH3 is 1. The fourth-order valence-electron chi connectivity index (χ4n) is 4.70. The van der Waals surface area contributed by atoms with Crippen LogP contribution in [0.25, 0.3) is 11.1 Å². The number of β-amino-alcohol motifs (C(OH)–C–C–N with tert-alkyl or cyclic N) is 1. The molecule has 1 saturated heterocycles. The molecule has 2 N–H and O–H groups in total. The fraction of sp³-hybridized carbons (Fsp3) is 0.310. The van der Waals surface area contributed by atoms with Crippen LogP contribution >= 0.6 is 0 Å². The lowest BCUT2D eigenvalue weighted by atomic mass is 9.87. The van der Waals surface area contributed by atoms with Gasteiger partial charge in [0.15, 0.2) is 0 Å². The Hall–Kier alpha value is -3.48. The Morgan fingerprint density at radius 3 is 2.40 bits per heavy atom. The van der Waals surface area contributed by atoms with Crippen LogP contribution in [0.3, 0.4) is 0 Å². The van der Waals surface area contributed by atoms with E-state index >= 15 is 0 Å². The van der Waals surface area contributed by atoms with Crippen molar-refractivity contribution in [3.63, 3.8) is 0 Å². The van der Waals surface area contributed by atoms with Crippen LogP contribution in [-0.2, 0) is 4.74 Å².